The normalized spacial score (nSPS) is 35.8. The number of carbonyl (C=O) groups excluding carboxylic acids is 1. The summed E-state index contributed by atoms with van der Waals surface area (Å²) < 4.78 is 5.40. The number of ether oxygens (including phenoxy) is 1. The molecule has 2 aliphatic heterocycles. The van der Waals surface area contributed by atoms with Gasteiger partial charge >= 0.3 is 0 Å². The molecule has 2 aromatic carbocycles. The minimum atomic E-state index is -1.39. The number of anilines is 1. The summed E-state index contributed by atoms with van der Waals surface area (Å²) in [6.45, 7) is 0. The van der Waals surface area contributed by atoms with E-state index in [1.54, 1.807) is 7.11 Å². The Labute approximate surface area is 218 Å². The topological polar surface area (TPSA) is 77.1 Å². The van der Waals surface area contributed by atoms with E-state index in [9.17, 15) is 10.5 Å². The van der Waals surface area contributed by atoms with Gasteiger partial charge in [-0.25, -0.2) is 0 Å². The lowest BCUT2D eigenvalue weighted by Gasteiger charge is -2.57. The molecule has 186 valence electrons. The molecule has 6 aliphatic rings. The van der Waals surface area contributed by atoms with Crippen molar-refractivity contribution in [1.82, 2.24) is 0 Å². The maximum atomic E-state index is 15.1. The molecule has 4 saturated carbocycles. The minimum absolute atomic E-state index is 0.259. The molecule has 2 aromatic rings. The number of fused-ring (bicyclic) bond motifs is 3. The summed E-state index contributed by atoms with van der Waals surface area (Å²) in [5, 5.41) is 21.4. The van der Waals surface area contributed by atoms with E-state index in [2.05, 4.69) is 23.1 Å². The number of methoxy groups -OCH3 is 1. The molecule has 3 atom stereocenters. The summed E-state index contributed by atoms with van der Waals surface area (Å²) in [4.78, 5) is 17.2. The molecule has 8 rings (SSSR count). The zero-order valence-electron chi connectivity index (χ0n) is 21.1. The molecular formula is C32H31N3O2. The minimum Gasteiger partial charge on any atom is -0.497 e. The number of nitriles is 2. The van der Waals surface area contributed by atoms with E-state index < -0.39 is 23.4 Å². The fraction of sp³-hybridized carbons (Fsp3) is 0.469. The van der Waals surface area contributed by atoms with Crippen LogP contribution in [0.4, 0.5) is 5.69 Å². The predicted octanol–water partition coefficient (Wildman–Crippen LogP) is 5.88. The van der Waals surface area contributed by atoms with Gasteiger partial charge in [-0.1, -0.05) is 42.5 Å². The maximum absolute atomic E-state index is 15.1. The number of hydrogen-bond acceptors (Lipinski definition) is 5. The van der Waals surface area contributed by atoms with Crippen LogP contribution in [0.3, 0.4) is 0 Å². The molecule has 5 nitrogen and oxygen atoms in total. The number of carbonyl (C=O) groups is 1. The maximum Gasteiger partial charge on any atom is 0.176 e. The van der Waals surface area contributed by atoms with Crippen LogP contribution in [0, 0.1) is 51.2 Å². The molecule has 0 radical (unpaired) electrons. The zero-order valence-corrected chi connectivity index (χ0v) is 21.1. The van der Waals surface area contributed by atoms with Gasteiger partial charge in [-0.3, -0.25) is 4.79 Å². The molecule has 1 saturated heterocycles. The lowest BCUT2D eigenvalue weighted by atomic mass is 9.47. The summed E-state index contributed by atoms with van der Waals surface area (Å²) in [6, 6.07) is 19.6. The highest BCUT2D eigenvalue weighted by Crippen LogP contribution is 2.63. The second-order valence-corrected chi connectivity index (χ2v) is 12.1. The van der Waals surface area contributed by atoms with Crippen LogP contribution in [0.2, 0.25) is 0 Å². The quantitative estimate of drug-likeness (QED) is 0.536. The summed E-state index contributed by atoms with van der Waals surface area (Å²) >= 11 is 0. The third-order valence-electron chi connectivity index (χ3n) is 10.2. The van der Waals surface area contributed by atoms with E-state index in [-0.39, 0.29) is 11.2 Å². The first-order valence-corrected chi connectivity index (χ1v) is 13.6. The van der Waals surface area contributed by atoms with Crippen LogP contribution < -0.4 is 9.64 Å². The van der Waals surface area contributed by atoms with Crippen LogP contribution >= 0.6 is 0 Å². The third-order valence-corrected chi connectivity index (χ3v) is 10.2. The first-order chi connectivity index (χ1) is 18.0. The third kappa shape index (κ3) is 3.04. The van der Waals surface area contributed by atoms with Crippen molar-refractivity contribution in [2.24, 2.45) is 28.6 Å². The molecule has 5 heteroatoms. The van der Waals surface area contributed by atoms with Crippen LogP contribution in [0.15, 0.2) is 54.6 Å². The number of nitrogens with zero attached hydrogens (tertiary/aromatic N) is 3. The van der Waals surface area contributed by atoms with Crippen molar-refractivity contribution in [2.45, 2.75) is 56.5 Å². The van der Waals surface area contributed by atoms with Gasteiger partial charge in [0.25, 0.3) is 0 Å². The standard InChI is InChI=1S/C32H31N3O2/c1-37-25-9-6-24(7-10-25)28-29(30(36)31-15-20-12-21(16-31)14-22(13-20)17-31)35-26-5-3-2-4-23(26)8-11-27(35)32(28,18-33)19-34/h2-11,20-22,27-29H,12-17H2,1H3/t20?,21?,22?,27-,28-,29-,31?/m1/s1. The van der Waals surface area contributed by atoms with E-state index in [0.29, 0.717) is 23.5 Å². The highest BCUT2D eigenvalue weighted by Gasteiger charge is 2.66. The Balaban J connectivity index is 1.43. The van der Waals surface area contributed by atoms with Crippen molar-refractivity contribution in [3.05, 3.63) is 65.7 Å². The van der Waals surface area contributed by atoms with E-state index >= 15 is 4.79 Å². The van der Waals surface area contributed by atoms with E-state index in [0.717, 1.165) is 36.1 Å². The highest BCUT2D eigenvalue weighted by atomic mass is 16.5. The van der Waals surface area contributed by atoms with Gasteiger partial charge in [-0.05, 0) is 85.6 Å². The number of hydrogen-bond donors (Lipinski definition) is 0. The highest BCUT2D eigenvalue weighted by molar-refractivity contribution is 5.97. The van der Waals surface area contributed by atoms with Gasteiger partial charge in [0.15, 0.2) is 11.2 Å². The van der Waals surface area contributed by atoms with Crippen molar-refractivity contribution in [3.63, 3.8) is 0 Å². The Hall–Kier alpha value is -3.57. The Bertz CT molecular complexity index is 1330. The zero-order chi connectivity index (χ0) is 25.4. The Morgan fingerprint density at radius 2 is 1.57 bits per heavy atom. The van der Waals surface area contributed by atoms with Crippen molar-refractivity contribution in [2.75, 3.05) is 12.0 Å². The number of Topliss-reactive ketones (excluding diaryl/α,β-unsaturated/α-hetero) is 1. The first-order valence-electron chi connectivity index (χ1n) is 13.6. The molecule has 2 heterocycles. The van der Waals surface area contributed by atoms with E-state index in [1.165, 1.54) is 19.3 Å². The number of benzene rings is 2. The van der Waals surface area contributed by atoms with Gasteiger partial charge in [0, 0.05) is 17.0 Å². The molecule has 4 bridgehead atoms. The van der Waals surface area contributed by atoms with Crippen molar-refractivity contribution in [1.29, 1.82) is 10.5 Å². The molecule has 5 fully saturated rings. The molecular weight excluding hydrogens is 458 g/mol. The molecule has 0 N–H and O–H groups in total. The fourth-order valence-electron chi connectivity index (χ4n) is 9.15. The van der Waals surface area contributed by atoms with Crippen LogP contribution in [0.25, 0.3) is 6.08 Å². The fourth-order valence-corrected chi connectivity index (χ4v) is 9.15. The Morgan fingerprint density at radius 1 is 0.946 bits per heavy atom. The smallest absolute Gasteiger partial charge is 0.176 e. The first kappa shape index (κ1) is 22.6. The van der Waals surface area contributed by atoms with Gasteiger partial charge < -0.3 is 9.64 Å². The van der Waals surface area contributed by atoms with E-state index in [4.69, 9.17) is 4.74 Å². The van der Waals surface area contributed by atoms with Crippen LogP contribution in [0.1, 0.15) is 55.6 Å². The number of para-hydroxylation sites is 1. The van der Waals surface area contributed by atoms with Crippen molar-refractivity contribution < 1.29 is 9.53 Å². The van der Waals surface area contributed by atoms with Crippen LogP contribution in [0.5, 0.6) is 5.75 Å². The molecule has 37 heavy (non-hydrogen) atoms. The summed E-state index contributed by atoms with van der Waals surface area (Å²) in [5.41, 5.74) is 1.10. The Kier molecular flexibility index (Phi) is 4.87. The van der Waals surface area contributed by atoms with Crippen molar-refractivity contribution >= 4 is 17.5 Å². The molecule has 4 aliphatic carbocycles. The predicted molar refractivity (Wildman–Crippen MR) is 141 cm³/mol. The Morgan fingerprint density at radius 3 is 2.16 bits per heavy atom. The van der Waals surface area contributed by atoms with Gasteiger partial charge in [-0.2, -0.15) is 10.5 Å². The average molecular weight is 490 g/mol. The summed E-state index contributed by atoms with van der Waals surface area (Å²) in [5.74, 6) is 2.32. The van der Waals surface area contributed by atoms with Gasteiger partial charge in [0.1, 0.15) is 5.75 Å². The average Bonchev–Trinajstić information content (AvgIpc) is 3.23. The van der Waals surface area contributed by atoms with Crippen LogP contribution in [-0.2, 0) is 4.79 Å². The number of ketones is 1. The van der Waals surface area contributed by atoms with Gasteiger partial charge in [0.2, 0.25) is 0 Å². The molecule has 0 spiro atoms. The molecule has 0 aromatic heterocycles. The van der Waals surface area contributed by atoms with Crippen molar-refractivity contribution in [3.8, 4) is 17.9 Å². The SMILES string of the molecule is COc1ccc([C@@H]2[C@H](C(=O)C34CC5CC(CC(C5)C3)C4)N3c4ccccc4C=C[C@@H]3C2(C#N)C#N)cc1. The second kappa shape index (κ2) is 7.96. The van der Waals surface area contributed by atoms with Gasteiger partial charge in [-0.15, -0.1) is 0 Å². The monoisotopic (exact) mass is 489 g/mol. The largest absolute Gasteiger partial charge is 0.497 e. The lowest BCUT2D eigenvalue weighted by molar-refractivity contribution is -0.145. The van der Waals surface area contributed by atoms with Gasteiger partial charge in [0.05, 0.1) is 31.3 Å². The summed E-state index contributed by atoms with van der Waals surface area (Å²) in [6.07, 6.45) is 10.7. The van der Waals surface area contributed by atoms with Crippen LogP contribution in [-0.4, -0.2) is 25.0 Å². The number of rotatable bonds is 4. The van der Waals surface area contributed by atoms with E-state index in [1.807, 2.05) is 54.6 Å². The second-order valence-electron chi connectivity index (χ2n) is 12.1. The summed E-state index contributed by atoms with van der Waals surface area (Å²) in [7, 11) is 1.63. The lowest BCUT2D eigenvalue weighted by Crippen LogP contribution is -2.56. The molecule has 0 unspecified atom stereocenters. The molecule has 0 amide bonds.